The summed E-state index contributed by atoms with van der Waals surface area (Å²) in [5.41, 5.74) is 3.24. The summed E-state index contributed by atoms with van der Waals surface area (Å²) in [7, 11) is 1.70. The van der Waals surface area contributed by atoms with Crippen molar-refractivity contribution in [3.05, 3.63) is 52.6 Å². The molecule has 0 saturated heterocycles. The summed E-state index contributed by atoms with van der Waals surface area (Å²) < 4.78 is 1.46. The predicted molar refractivity (Wildman–Crippen MR) is 67.9 cm³/mol. The van der Waals surface area contributed by atoms with Crippen LogP contribution in [0, 0.1) is 6.92 Å². The quantitative estimate of drug-likeness (QED) is 0.816. The summed E-state index contributed by atoms with van der Waals surface area (Å²) in [4.78, 5) is 16.2. The molecule has 4 heteroatoms. The van der Waals surface area contributed by atoms with E-state index in [2.05, 4.69) is 16.7 Å². The van der Waals surface area contributed by atoms with E-state index in [9.17, 15) is 4.79 Å². The fraction of sp³-hybridized carbons (Fsp3) is 0.231. The molecule has 1 N–H and O–H groups in total. The van der Waals surface area contributed by atoms with Gasteiger partial charge in [-0.1, -0.05) is 6.08 Å². The average Bonchev–Trinajstić information content (AvgIpc) is 2.54. The average molecular weight is 229 g/mol. The highest BCUT2D eigenvalue weighted by molar-refractivity contribution is 5.61. The molecule has 17 heavy (non-hydrogen) atoms. The third-order valence-electron chi connectivity index (χ3n) is 2.69. The number of aryl methyl sites for hydroxylation is 2. The predicted octanol–water partition coefficient (Wildman–Crippen LogP) is 1.81. The summed E-state index contributed by atoms with van der Waals surface area (Å²) in [6.45, 7) is 5.58. The summed E-state index contributed by atoms with van der Waals surface area (Å²) in [5.74, 6) is 0. The Morgan fingerprint density at radius 2 is 2.35 bits per heavy atom. The van der Waals surface area contributed by atoms with Crippen molar-refractivity contribution in [3.8, 4) is 11.3 Å². The maximum atomic E-state index is 11.9. The van der Waals surface area contributed by atoms with Crippen molar-refractivity contribution in [2.24, 2.45) is 7.05 Å². The number of rotatable bonds is 3. The molecule has 2 aromatic heterocycles. The van der Waals surface area contributed by atoms with E-state index in [1.807, 2.05) is 25.1 Å². The molecule has 0 amide bonds. The van der Waals surface area contributed by atoms with Gasteiger partial charge in [-0.15, -0.1) is 6.58 Å². The second kappa shape index (κ2) is 4.41. The van der Waals surface area contributed by atoms with Crippen molar-refractivity contribution in [1.82, 2.24) is 14.8 Å². The molecule has 0 spiro atoms. The fourth-order valence-corrected chi connectivity index (χ4v) is 1.89. The normalized spacial score (nSPS) is 10.5. The topological polar surface area (TPSA) is 50.7 Å². The van der Waals surface area contributed by atoms with Gasteiger partial charge in [0.2, 0.25) is 0 Å². The monoisotopic (exact) mass is 229 g/mol. The molecular weight excluding hydrogens is 214 g/mol. The van der Waals surface area contributed by atoms with E-state index >= 15 is 0 Å². The maximum Gasteiger partial charge on any atom is 0.275 e. The van der Waals surface area contributed by atoms with Crippen LogP contribution >= 0.6 is 0 Å². The van der Waals surface area contributed by atoms with Gasteiger partial charge in [0, 0.05) is 18.9 Å². The number of nitrogens with one attached hydrogen (secondary N) is 1. The Morgan fingerprint density at radius 3 is 2.94 bits per heavy atom. The minimum Gasteiger partial charge on any atom is -0.300 e. The van der Waals surface area contributed by atoms with Crippen LogP contribution in [0.5, 0.6) is 0 Å². The Hall–Kier alpha value is -2.10. The minimum atomic E-state index is -0.0502. The van der Waals surface area contributed by atoms with Crippen molar-refractivity contribution in [2.45, 2.75) is 13.3 Å². The van der Waals surface area contributed by atoms with Crippen molar-refractivity contribution in [3.63, 3.8) is 0 Å². The molecule has 2 aromatic rings. The lowest BCUT2D eigenvalue weighted by Crippen LogP contribution is -2.13. The van der Waals surface area contributed by atoms with Crippen LogP contribution < -0.4 is 5.56 Å². The van der Waals surface area contributed by atoms with E-state index in [0.29, 0.717) is 11.3 Å². The Bertz CT molecular complexity index is 607. The third-order valence-corrected chi connectivity index (χ3v) is 2.69. The van der Waals surface area contributed by atoms with Gasteiger partial charge in [-0.05, 0) is 31.0 Å². The molecule has 0 aromatic carbocycles. The van der Waals surface area contributed by atoms with Crippen LogP contribution in [-0.2, 0) is 13.5 Å². The van der Waals surface area contributed by atoms with E-state index in [1.54, 1.807) is 13.2 Å². The molecule has 88 valence electrons. The molecule has 0 aliphatic heterocycles. The van der Waals surface area contributed by atoms with Crippen LogP contribution in [0.1, 0.15) is 11.3 Å². The van der Waals surface area contributed by atoms with E-state index in [1.165, 1.54) is 4.68 Å². The molecule has 0 aliphatic carbocycles. The van der Waals surface area contributed by atoms with Gasteiger partial charge in [-0.3, -0.25) is 19.6 Å². The largest absolute Gasteiger partial charge is 0.300 e. The van der Waals surface area contributed by atoms with E-state index < -0.39 is 0 Å². The van der Waals surface area contributed by atoms with Gasteiger partial charge in [-0.2, -0.15) is 0 Å². The first kappa shape index (κ1) is 11.4. The fourth-order valence-electron chi connectivity index (χ4n) is 1.89. The Kier molecular flexibility index (Phi) is 2.95. The number of nitrogens with zero attached hydrogens (tertiary/aromatic N) is 2. The number of hydrogen-bond acceptors (Lipinski definition) is 2. The first-order valence-corrected chi connectivity index (χ1v) is 5.45. The van der Waals surface area contributed by atoms with Gasteiger partial charge in [0.1, 0.15) is 0 Å². The summed E-state index contributed by atoms with van der Waals surface area (Å²) >= 11 is 0. The van der Waals surface area contributed by atoms with Gasteiger partial charge in [0.15, 0.2) is 0 Å². The number of aromatic nitrogens is 3. The first-order valence-electron chi connectivity index (χ1n) is 5.45. The number of H-pyrrole nitrogens is 1. The van der Waals surface area contributed by atoms with E-state index in [4.69, 9.17) is 0 Å². The molecule has 0 atom stereocenters. The molecule has 2 heterocycles. The minimum absolute atomic E-state index is 0.0502. The van der Waals surface area contributed by atoms with Crippen LogP contribution in [0.3, 0.4) is 0 Å². The SMILES string of the molecule is C=CCc1ccnc(-c2c(C)[nH]n(C)c2=O)c1. The molecule has 4 nitrogen and oxygen atoms in total. The summed E-state index contributed by atoms with van der Waals surface area (Å²) in [5, 5.41) is 2.97. The van der Waals surface area contributed by atoms with Crippen molar-refractivity contribution >= 4 is 0 Å². The smallest absolute Gasteiger partial charge is 0.275 e. The second-order valence-corrected chi connectivity index (χ2v) is 4.02. The van der Waals surface area contributed by atoms with Crippen molar-refractivity contribution in [1.29, 1.82) is 0 Å². The number of hydrogen-bond donors (Lipinski definition) is 1. The molecule has 0 aliphatic rings. The lowest BCUT2D eigenvalue weighted by Gasteiger charge is -2.00. The van der Waals surface area contributed by atoms with Gasteiger partial charge < -0.3 is 0 Å². The first-order chi connectivity index (χ1) is 8.13. The van der Waals surface area contributed by atoms with Crippen LogP contribution in [-0.4, -0.2) is 14.8 Å². The highest BCUT2D eigenvalue weighted by Gasteiger charge is 2.12. The van der Waals surface area contributed by atoms with Gasteiger partial charge in [-0.25, -0.2) is 0 Å². The Morgan fingerprint density at radius 1 is 1.59 bits per heavy atom. The molecule has 2 rings (SSSR count). The molecular formula is C13H15N3O. The lowest BCUT2D eigenvalue weighted by atomic mass is 10.1. The third kappa shape index (κ3) is 2.06. The zero-order valence-corrected chi connectivity index (χ0v) is 10.0. The zero-order chi connectivity index (χ0) is 12.4. The van der Waals surface area contributed by atoms with Gasteiger partial charge in [0.25, 0.3) is 5.56 Å². The lowest BCUT2D eigenvalue weighted by molar-refractivity contribution is 0.731. The summed E-state index contributed by atoms with van der Waals surface area (Å²) in [6.07, 6.45) is 4.33. The number of allylic oxidation sites excluding steroid dienone is 1. The molecule has 0 unspecified atom stereocenters. The van der Waals surface area contributed by atoms with Crippen LogP contribution in [0.15, 0.2) is 35.8 Å². The van der Waals surface area contributed by atoms with E-state index in [0.717, 1.165) is 17.7 Å². The highest BCUT2D eigenvalue weighted by atomic mass is 16.1. The molecule has 0 radical (unpaired) electrons. The molecule has 0 saturated carbocycles. The number of pyridine rings is 1. The zero-order valence-electron chi connectivity index (χ0n) is 10.0. The van der Waals surface area contributed by atoms with Crippen LogP contribution in [0.2, 0.25) is 0 Å². The standard InChI is InChI=1S/C13H15N3O/c1-4-5-10-6-7-14-11(8-10)12-9(2)15-16(3)13(12)17/h4,6-8,15H,1,5H2,2-3H3. The van der Waals surface area contributed by atoms with Crippen LogP contribution in [0.4, 0.5) is 0 Å². The number of aromatic amines is 1. The second-order valence-electron chi connectivity index (χ2n) is 4.02. The van der Waals surface area contributed by atoms with Crippen LogP contribution in [0.25, 0.3) is 11.3 Å². The highest BCUT2D eigenvalue weighted by Crippen LogP contribution is 2.17. The Labute approximate surface area is 99.6 Å². The molecule has 0 bridgehead atoms. The van der Waals surface area contributed by atoms with Gasteiger partial charge >= 0.3 is 0 Å². The molecule has 0 fully saturated rings. The Balaban J connectivity index is 2.56. The van der Waals surface area contributed by atoms with Crippen molar-refractivity contribution < 1.29 is 0 Å². The maximum absolute atomic E-state index is 11.9. The van der Waals surface area contributed by atoms with E-state index in [-0.39, 0.29) is 5.56 Å². The van der Waals surface area contributed by atoms with Gasteiger partial charge in [0.05, 0.1) is 11.3 Å². The summed E-state index contributed by atoms with van der Waals surface area (Å²) in [6, 6.07) is 3.86. The van der Waals surface area contributed by atoms with Crippen molar-refractivity contribution in [2.75, 3.05) is 0 Å².